The number of allylic oxidation sites excluding steroid dienone is 1. The van der Waals surface area contributed by atoms with Gasteiger partial charge in [0.15, 0.2) is 0 Å². The molecule has 0 saturated heterocycles. The molecule has 1 aliphatic rings. The molecule has 0 fully saturated rings. The summed E-state index contributed by atoms with van der Waals surface area (Å²) in [6.07, 6.45) is 5.20. The monoisotopic (exact) mass is 363 g/mol. The Hall–Kier alpha value is -3.42. The van der Waals surface area contributed by atoms with Gasteiger partial charge < -0.3 is 10.6 Å². The number of carbonyl (C=O) groups is 1. The number of aryl methyl sites for hydroxylation is 2. The molecule has 0 spiro atoms. The lowest BCUT2D eigenvalue weighted by Gasteiger charge is -2.28. The van der Waals surface area contributed by atoms with E-state index in [4.69, 9.17) is 0 Å². The maximum absolute atomic E-state index is 13.2. The number of nitrogens with one attached hydrogen (secondary N) is 2. The summed E-state index contributed by atoms with van der Waals surface area (Å²) in [7, 11) is 0. The number of fused-ring (bicyclic) bond motifs is 1. The molecule has 0 saturated carbocycles. The van der Waals surface area contributed by atoms with Crippen LogP contribution in [0.15, 0.2) is 54.3 Å². The molecule has 1 unspecified atom stereocenters. The summed E-state index contributed by atoms with van der Waals surface area (Å²) in [4.78, 5) is 17.5. The van der Waals surface area contributed by atoms with Crippen molar-refractivity contribution in [2.75, 3.05) is 10.6 Å². The summed E-state index contributed by atoms with van der Waals surface area (Å²) < 4.78 is 3.55. The number of para-hydroxylation sites is 1. The maximum atomic E-state index is 13.2. The van der Waals surface area contributed by atoms with Gasteiger partial charge in [-0.2, -0.15) is 15.2 Å². The fourth-order valence-corrected chi connectivity index (χ4v) is 3.29. The lowest BCUT2D eigenvalue weighted by atomic mass is 9.97. The highest BCUT2D eigenvalue weighted by Gasteiger charge is 2.34. The first-order valence-corrected chi connectivity index (χ1v) is 8.85. The lowest BCUT2D eigenvalue weighted by molar-refractivity contribution is -0.113. The second-order valence-corrected chi connectivity index (χ2v) is 6.49. The van der Waals surface area contributed by atoms with E-state index in [0.717, 1.165) is 29.1 Å². The minimum absolute atomic E-state index is 0.176. The Balaban J connectivity index is 1.76. The van der Waals surface area contributed by atoms with Gasteiger partial charge in [0, 0.05) is 29.7 Å². The normalized spacial score (nSPS) is 16.0. The molecule has 1 atom stereocenters. The van der Waals surface area contributed by atoms with E-state index in [1.54, 1.807) is 10.9 Å². The number of anilines is 2. The smallest absolute Gasteiger partial charge is 0.255 e. The second kappa shape index (κ2) is 6.71. The highest BCUT2D eigenvalue weighted by Crippen LogP contribution is 2.35. The Bertz CT molecular complexity index is 1030. The average Bonchev–Trinajstić information content (AvgIpc) is 3.31. The van der Waals surface area contributed by atoms with Gasteiger partial charge in [0.1, 0.15) is 12.4 Å². The number of aromatic nitrogens is 5. The Labute approximate surface area is 156 Å². The SMILES string of the molecule is CCn1cc(C2C(C(=O)Nc3ccccc3C)=C(C)Nc3ncnn32)cn1. The Kier molecular flexibility index (Phi) is 4.23. The van der Waals surface area contributed by atoms with Crippen LogP contribution in [-0.2, 0) is 11.3 Å². The second-order valence-electron chi connectivity index (χ2n) is 6.49. The molecule has 27 heavy (non-hydrogen) atoms. The summed E-state index contributed by atoms with van der Waals surface area (Å²) >= 11 is 0. The molecule has 138 valence electrons. The number of benzene rings is 1. The molecule has 8 nitrogen and oxygen atoms in total. The summed E-state index contributed by atoms with van der Waals surface area (Å²) in [5.41, 5.74) is 4.02. The zero-order valence-corrected chi connectivity index (χ0v) is 15.5. The molecule has 1 aliphatic heterocycles. The first-order chi connectivity index (χ1) is 13.1. The molecular weight excluding hydrogens is 342 g/mol. The predicted molar refractivity (Wildman–Crippen MR) is 102 cm³/mol. The van der Waals surface area contributed by atoms with Gasteiger partial charge in [-0.05, 0) is 32.4 Å². The van der Waals surface area contributed by atoms with E-state index in [-0.39, 0.29) is 5.91 Å². The number of rotatable bonds is 4. The van der Waals surface area contributed by atoms with Crippen LogP contribution in [0.5, 0.6) is 0 Å². The standard InChI is InChI=1S/C19H21N7O/c1-4-25-10-14(9-21-25)17-16(13(3)23-19-20-11-22-26(17)19)18(27)24-15-8-6-5-7-12(15)2/h5-11,17H,4H2,1-3H3,(H,24,27)(H,20,22,23). The van der Waals surface area contributed by atoms with Crippen molar-refractivity contribution >= 4 is 17.5 Å². The van der Waals surface area contributed by atoms with Crippen LogP contribution in [0.2, 0.25) is 0 Å². The third-order valence-corrected chi connectivity index (χ3v) is 4.73. The van der Waals surface area contributed by atoms with Crippen LogP contribution in [0.25, 0.3) is 0 Å². The van der Waals surface area contributed by atoms with Crippen molar-refractivity contribution in [2.24, 2.45) is 0 Å². The van der Waals surface area contributed by atoms with Crippen LogP contribution in [0.1, 0.15) is 31.0 Å². The van der Waals surface area contributed by atoms with Gasteiger partial charge in [0.25, 0.3) is 5.91 Å². The zero-order valence-electron chi connectivity index (χ0n) is 15.5. The molecule has 2 N–H and O–H groups in total. The largest absolute Gasteiger partial charge is 0.328 e. The third kappa shape index (κ3) is 2.99. The molecule has 3 heterocycles. The summed E-state index contributed by atoms with van der Waals surface area (Å²) in [5, 5.41) is 14.9. The minimum atomic E-state index is -0.395. The number of hydrogen-bond acceptors (Lipinski definition) is 5. The highest BCUT2D eigenvalue weighted by molar-refractivity contribution is 6.06. The van der Waals surface area contributed by atoms with E-state index < -0.39 is 6.04 Å². The van der Waals surface area contributed by atoms with Gasteiger partial charge in [-0.3, -0.25) is 9.48 Å². The minimum Gasteiger partial charge on any atom is -0.328 e. The number of nitrogens with zero attached hydrogens (tertiary/aromatic N) is 5. The molecular formula is C19H21N7O. The quantitative estimate of drug-likeness (QED) is 0.744. The molecule has 4 rings (SSSR count). The summed E-state index contributed by atoms with van der Waals surface area (Å²) in [6, 6.07) is 7.31. The maximum Gasteiger partial charge on any atom is 0.255 e. The van der Waals surface area contributed by atoms with Crippen LogP contribution < -0.4 is 10.6 Å². The average molecular weight is 363 g/mol. The molecule has 0 aliphatic carbocycles. The van der Waals surface area contributed by atoms with Crippen LogP contribution in [-0.4, -0.2) is 30.5 Å². The van der Waals surface area contributed by atoms with E-state index >= 15 is 0 Å². The van der Waals surface area contributed by atoms with Crippen LogP contribution in [0, 0.1) is 6.92 Å². The van der Waals surface area contributed by atoms with Crippen LogP contribution in [0.4, 0.5) is 11.6 Å². The van der Waals surface area contributed by atoms with Crippen LogP contribution >= 0.6 is 0 Å². The number of amides is 1. The van der Waals surface area contributed by atoms with E-state index in [1.165, 1.54) is 6.33 Å². The van der Waals surface area contributed by atoms with Gasteiger partial charge >= 0.3 is 0 Å². The van der Waals surface area contributed by atoms with Gasteiger partial charge in [0.2, 0.25) is 5.95 Å². The van der Waals surface area contributed by atoms with Crippen molar-refractivity contribution in [3.63, 3.8) is 0 Å². The van der Waals surface area contributed by atoms with E-state index in [0.29, 0.717) is 11.5 Å². The van der Waals surface area contributed by atoms with E-state index in [2.05, 4.69) is 25.8 Å². The van der Waals surface area contributed by atoms with Crippen molar-refractivity contribution in [3.05, 3.63) is 65.4 Å². The lowest BCUT2D eigenvalue weighted by Crippen LogP contribution is -2.31. The van der Waals surface area contributed by atoms with Crippen LogP contribution in [0.3, 0.4) is 0 Å². The molecule has 8 heteroatoms. The fourth-order valence-electron chi connectivity index (χ4n) is 3.29. The Morgan fingerprint density at radius 3 is 2.81 bits per heavy atom. The van der Waals surface area contributed by atoms with Crippen molar-refractivity contribution < 1.29 is 4.79 Å². The van der Waals surface area contributed by atoms with Gasteiger partial charge in [-0.25, -0.2) is 4.68 Å². The summed E-state index contributed by atoms with van der Waals surface area (Å²) in [5.74, 6) is 0.430. The van der Waals surface area contributed by atoms with Gasteiger partial charge in [-0.15, -0.1) is 0 Å². The molecule has 2 aromatic heterocycles. The van der Waals surface area contributed by atoms with Gasteiger partial charge in [0.05, 0.1) is 11.8 Å². The topological polar surface area (TPSA) is 89.7 Å². The zero-order chi connectivity index (χ0) is 19.0. The molecule has 0 bridgehead atoms. The first-order valence-electron chi connectivity index (χ1n) is 8.85. The summed E-state index contributed by atoms with van der Waals surface area (Å²) in [6.45, 7) is 6.62. The third-order valence-electron chi connectivity index (χ3n) is 4.73. The fraction of sp³-hybridized carbons (Fsp3) is 0.263. The first kappa shape index (κ1) is 17.0. The molecule has 1 aromatic carbocycles. The highest BCUT2D eigenvalue weighted by atomic mass is 16.1. The van der Waals surface area contributed by atoms with Gasteiger partial charge in [-0.1, -0.05) is 18.2 Å². The van der Waals surface area contributed by atoms with Crippen molar-refractivity contribution in [3.8, 4) is 0 Å². The number of carbonyl (C=O) groups excluding carboxylic acids is 1. The Morgan fingerprint density at radius 1 is 1.26 bits per heavy atom. The van der Waals surface area contributed by atoms with Crippen molar-refractivity contribution in [2.45, 2.75) is 33.4 Å². The number of hydrogen-bond donors (Lipinski definition) is 2. The van der Waals surface area contributed by atoms with E-state index in [1.807, 2.05) is 55.9 Å². The molecule has 0 radical (unpaired) electrons. The van der Waals surface area contributed by atoms with Crippen molar-refractivity contribution in [1.29, 1.82) is 0 Å². The van der Waals surface area contributed by atoms with E-state index in [9.17, 15) is 4.79 Å². The molecule has 1 amide bonds. The molecule has 3 aromatic rings. The predicted octanol–water partition coefficient (Wildman–Crippen LogP) is 2.73. The Morgan fingerprint density at radius 2 is 2.07 bits per heavy atom. The van der Waals surface area contributed by atoms with Crippen molar-refractivity contribution in [1.82, 2.24) is 24.5 Å².